The Hall–Kier alpha value is -1.42. The lowest BCUT2D eigenvalue weighted by Gasteiger charge is -2.31. The molecule has 2 rings (SSSR count). The first-order chi connectivity index (χ1) is 9.17. The predicted molar refractivity (Wildman–Crippen MR) is 76.0 cm³/mol. The van der Waals surface area contributed by atoms with Gasteiger partial charge in [0, 0.05) is 11.6 Å². The molecular weight excluding hydrogens is 240 g/mol. The summed E-state index contributed by atoms with van der Waals surface area (Å²) < 4.78 is 0. The third-order valence-corrected chi connectivity index (χ3v) is 4.35. The maximum atomic E-state index is 11.1. The van der Waals surface area contributed by atoms with Crippen LogP contribution in [-0.4, -0.2) is 11.5 Å². The van der Waals surface area contributed by atoms with Gasteiger partial charge in [0.1, 0.15) is 0 Å². The van der Waals surface area contributed by atoms with Crippen LogP contribution in [0.25, 0.3) is 0 Å². The van der Waals surface area contributed by atoms with Crippen molar-refractivity contribution in [3.05, 3.63) is 39.9 Å². The lowest BCUT2D eigenvalue weighted by atomic mass is 9.75. The van der Waals surface area contributed by atoms with Crippen LogP contribution in [0, 0.1) is 15.5 Å². The van der Waals surface area contributed by atoms with E-state index in [2.05, 4.69) is 0 Å². The Kier molecular flexibility index (Phi) is 4.53. The summed E-state index contributed by atoms with van der Waals surface area (Å²) in [4.78, 5) is 10.8. The Morgan fingerprint density at radius 2 is 1.79 bits per heavy atom. The fraction of sp³-hybridized carbons (Fsp3) is 0.600. The second kappa shape index (κ2) is 6.15. The maximum absolute atomic E-state index is 11.1. The minimum absolute atomic E-state index is 0.0581. The van der Waals surface area contributed by atoms with Crippen molar-refractivity contribution in [3.63, 3.8) is 0 Å². The molecule has 1 aliphatic rings. The van der Waals surface area contributed by atoms with Gasteiger partial charge >= 0.3 is 0 Å². The second-order valence-corrected chi connectivity index (χ2v) is 5.68. The zero-order chi connectivity index (χ0) is 13.7. The van der Waals surface area contributed by atoms with Gasteiger partial charge in [0.15, 0.2) is 0 Å². The van der Waals surface area contributed by atoms with Crippen molar-refractivity contribution in [1.82, 2.24) is 0 Å². The molecule has 1 aromatic rings. The molecule has 1 saturated carbocycles. The molecule has 0 aliphatic heterocycles. The predicted octanol–water partition coefficient (Wildman–Crippen LogP) is 3.44. The maximum Gasteiger partial charge on any atom is 0.272 e. The molecule has 0 aromatic heterocycles. The number of hydrogen-bond donors (Lipinski definition) is 1. The van der Waals surface area contributed by atoms with E-state index in [0.717, 1.165) is 24.8 Å². The van der Waals surface area contributed by atoms with Crippen LogP contribution < -0.4 is 5.73 Å². The Morgan fingerprint density at radius 3 is 2.37 bits per heavy atom. The van der Waals surface area contributed by atoms with Crippen LogP contribution in [0.5, 0.6) is 0 Å². The van der Waals surface area contributed by atoms with E-state index in [-0.39, 0.29) is 16.0 Å². The first kappa shape index (κ1) is 14.0. The summed E-state index contributed by atoms with van der Waals surface area (Å²) in [6.45, 7) is 0.624. The lowest BCUT2D eigenvalue weighted by Crippen LogP contribution is -2.32. The van der Waals surface area contributed by atoms with Crippen LogP contribution in [0.1, 0.15) is 44.1 Å². The number of nitro groups is 1. The van der Waals surface area contributed by atoms with Crippen LogP contribution in [0.2, 0.25) is 0 Å². The molecule has 4 heteroatoms. The smallest absolute Gasteiger partial charge is 0.272 e. The van der Waals surface area contributed by atoms with Crippen molar-refractivity contribution >= 4 is 5.69 Å². The number of nitro benzene ring substituents is 1. The summed E-state index contributed by atoms with van der Waals surface area (Å²) in [5, 5.41) is 11.1. The number of rotatable bonds is 4. The molecule has 0 radical (unpaired) electrons. The molecule has 4 nitrogen and oxygen atoms in total. The largest absolute Gasteiger partial charge is 0.330 e. The molecule has 1 fully saturated rings. The van der Waals surface area contributed by atoms with E-state index in [9.17, 15) is 10.1 Å². The van der Waals surface area contributed by atoms with Crippen molar-refractivity contribution in [2.75, 3.05) is 6.54 Å². The van der Waals surface area contributed by atoms with E-state index < -0.39 is 0 Å². The summed E-state index contributed by atoms with van der Waals surface area (Å²) in [7, 11) is 0. The van der Waals surface area contributed by atoms with Crippen LogP contribution in [-0.2, 0) is 6.42 Å². The third kappa shape index (κ3) is 3.32. The highest BCUT2D eigenvalue weighted by atomic mass is 16.6. The highest BCUT2D eigenvalue weighted by Gasteiger charge is 2.31. The summed E-state index contributed by atoms with van der Waals surface area (Å²) >= 11 is 0. The van der Waals surface area contributed by atoms with Crippen molar-refractivity contribution < 1.29 is 4.92 Å². The molecule has 104 valence electrons. The van der Waals surface area contributed by atoms with Gasteiger partial charge < -0.3 is 5.73 Å². The highest BCUT2D eigenvalue weighted by molar-refractivity contribution is 5.40. The third-order valence-electron chi connectivity index (χ3n) is 4.35. The molecule has 2 N–H and O–H groups in total. The molecule has 0 saturated heterocycles. The van der Waals surface area contributed by atoms with Gasteiger partial charge in [-0.15, -0.1) is 0 Å². The summed E-state index contributed by atoms with van der Waals surface area (Å²) in [6, 6.07) is 7.07. The molecular formula is C15H22N2O2. The van der Waals surface area contributed by atoms with Crippen LogP contribution in [0.15, 0.2) is 24.3 Å². The van der Waals surface area contributed by atoms with Crippen molar-refractivity contribution in [3.8, 4) is 0 Å². The van der Waals surface area contributed by atoms with Gasteiger partial charge in [0.25, 0.3) is 5.69 Å². The number of para-hydroxylation sites is 1. The first-order valence-corrected chi connectivity index (χ1v) is 7.09. The van der Waals surface area contributed by atoms with E-state index in [1.165, 1.54) is 25.7 Å². The van der Waals surface area contributed by atoms with Gasteiger partial charge in [-0.25, -0.2) is 0 Å². The van der Waals surface area contributed by atoms with E-state index in [4.69, 9.17) is 5.73 Å². The topological polar surface area (TPSA) is 69.2 Å². The number of benzene rings is 1. The summed E-state index contributed by atoms with van der Waals surface area (Å²) in [5.74, 6) is 0. The zero-order valence-electron chi connectivity index (χ0n) is 11.3. The molecule has 0 heterocycles. The molecule has 0 unspecified atom stereocenters. The molecule has 0 amide bonds. The van der Waals surface area contributed by atoms with Gasteiger partial charge in [-0.3, -0.25) is 10.1 Å². The van der Waals surface area contributed by atoms with Crippen LogP contribution >= 0.6 is 0 Å². The van der Waals surface area contributed by atoms with Gasteiger partial charge in [0.05, 0.1) is 4.92 Å². The van der Waals surface area contributed by atoms with Gasteiger partial charge in [-0.2, -0.15) is 0 Å². The molecule has 0 bridgehead atoms. The average Bonchev–Trinajstić information content (AvgIpc) is 2.65. The Morgan fingerprint density at radius 1 is 1.16 bits per heavy atom. The van der Waals surface area contributed by atoms with E-state index in [0.29, 0.717) is 6.54 Å². The summed E-state index contributed by atoms with van der Waals surface area (Å²) in [6.07, 6.45) is 7.83. The fourth-order valence-corrected chi connectivity index (χ4v) is 3.17. The minimum atomic E-state index is -0.281. The quantitative estimate of drug-likeness (QED) is 0.513. The van der Waals surface area contributed by atoms with E-state index in [1.807, 2.05) is 12.1 Å². The Bertz CT molecular complexity index is 438. The van der Waals surface area contributed by atoms with Gasteiger partial charge in [-0.1, -0.05) is 43.9 Å². The zero-order valence-corrected chi connectivity index (χ0v) is 11.3. The van der Waals surface area contributed by atoms with Crippen LogP contribution in [0.3, 0.4) is 0 Å². The van der Waals surface area contributed by atoms with Crippen molar-refractivity contribution in [2.45, 2.75) is 44.9 Å². The Labute approximate surface area is 114 Å². The SMILES string of the molecule is NCC1(Cc2ccccc2[N+](=O)[O-])CCCCCC1. The van der Waals surface area contributed by atoms with E-state index >= 15 is 0 Å². The standard InChI is InChI=1S/C15H22N2O2/c16-12-15(9-5-1-2-6-10-15)11-13-7-3-4-8-14(13)17(18)19/h3-4,7-8H,1-2,5-6,9-12,16H2. The highest BCUT2D eigenvalue weighted by Crippen LogP contribution is 2.38. The van der Waals surface area contributed by atoms with Gasteiger partial charge in [-0.05, 0) is 31.2 Å². The molecule has 1 aliphatic carbocycles. The molecule has 19 heavy (non-hydrogen) atoms. The second-order valence-electron chi connectivity index (χ2n) is 5.68. The Balaban J connectivity index is 2.24. The van der Waals surface area contributed by atoms with Gasteiger partial charge in [0.2, 0.25) is 0 Å². The van der Waals surface area contributed by atoms with Crippen molar-refractivity contribution in [1.29, 1.82) is 0 Å². The van der Waals surface area contributed by atoms with Crippen molar-refractivity contribution in [2.24, 2.45) is 11.1 Å². The average molecular weight is 262 g/mol. The van der Waals surface area contributed by atoms with E-state index in [1.54, 1.807) is 12.1 Å². The fourth-order valence-electron chi connectivity index (χ4n) is 3.17. The minimum Gasteiger partial charge on any atom is -0.330 e. The summed E-state index contributed by atoms with van der Waals surface area (Å²) in [5.41, 5.74) is 7.14. The molecule has 1 aromatic carbocycles. The molecule has 0 spiro atoms. The monoisotopic (exact) mass is 262 g/mol. The number of hydrogen-bond acceptors (Lipinski definition) is 3. The number of nitrogens with two attached hydrogens (primary N) is 1. The molecule has 0 atom stereocenters. The lowest BCUT2D eigenvalue weighted by molar-refractivity contribution is -0.385. The first-order valence-electron chi connectivity index (χ1n) is 7.09. The van der Waals surface area contributed by atoms with Crippen LogP contribution in [0.4, 0.5) is 5.69 Å². The number of nitrogens with zero attached hydrogens (tertiary/aromatic N) is 1. The normalized spacial score (nSPS) is 18.8.